The molecule has 3 aliphatic carbocycles. The van der Waals surface area contributed by atoms with Crippen LogP contribution in [-0.4, -0.2) is 73.1 Å². The van der Waals surface area contributed by atoms with Crippen LogP contribution in [0.1, 0.15) is 45.4 Å². The van der Waals surface area contributed by atoms with E-state index in [1.54, 1.807) is 0 Å². The Kier molecular flexibility index (Phi) is 4.19. The maximum atomic E-state index is 12.4. The zero-order valence-electron chi connectivity index (χ0n) is 15.0. The summed E-state index contributed by atoms with van der Waals surface area (Å²) in [6.45, 7) is 5.06. The molecule has 2 unspecified atom stereocenters. The molecule has 0 aromatic carbocycles. The lowest BCUT2D eigenvalue weighted by Gasteiger charge is -2.61. The zero-order valence-corrected chi connectivity index (χ0v) is 15.0. The van der Waals surface area contributed by atoms with Gasteiger partial charge in [0.1, 0.15) is 0 Å². The van der Waals surface area contributed by atoms with E-state index in [-0.39, 0.29) is 5.91 Å². The highest BCUT2D eigenvalue weighted by Crippen LogP contribution is 2.57. The normalized spacial score (nSPS) is 32.6. The molecule has 6 heteroatoms. The van der Waals surface area contributed by atoms with Crippen molar-refractivity contribution in [2.24, 2.45) is 10.4 Å². The summed E-state index contributed by atoms with van der Waals surface area (Å²) in [5.41, 5.74) is 0.311. The van der Waals surface area contributed by atoms with Crippen molar-refractivity contribution in [1.82, 2.24) is 15.1 Å². The summed E-state index contributed by atoms with van der Waals surface area (Å²) in [6.07, 6.45) is 7.63. The van der Waals surface area contributed by atoms with Crippen LogP contribution in [0.25, 0.3) is 0 Å². The highest BCUT2D eigenvalue weighted by molar-refractivity contribution is 5.88. The van der Waals surface area contributed by atoms with Gasteiger partial charge in [0, 0.05) is 44.2 Å². The van der Waals surface area contributed by atoms with E-state index in [9.17, 15) is 4.79 Å². The van der Waals surface area contributed by atoms with Crippen molar-refractivity contribution in [1.29, 1.82) is 0 Å². The van der Waals surface area contributed by atoms with E-state index >= 15 is 0 Å². The van der Waals surface area contributed by atoms with Gasteiger partial charge < -0.3 is 19.9 Å². The topological polar surface area (TPSA) is 57.2 Å². The Morgan fingerprint density at radius 1 is 1.38 bits per heavy atom. The predicted octanol–water partition coefficient (Wildman–Crippen LogP) is 1.22. The van der Waals surface area contributed by atoms with E-state index in [0.717, 1.165) is 32.1 Å². The number of aliphatic imine (C=N–C) groups is 1. The van der Waals surface area contributed by atoms with E-state index in [1.807, 2.05) is 7.05 Å². The number of carbonyl (C=O) groups excluding carboxylic acids is 1. The van der Waals surface area contributed by atoms with Crippen LogP contribution >= 0.6 is 0 Å². The Morgan fingerprint density at radius 3 is 2.71 bits per heavy atom. The van der Waals surface area contributed by atoms with Crippen LogP contribution in [0.3, 0.4) is 0 Å². The van der Waals surface area contributed by atoms with Crippen LogP contribution in [0.4, 0.5) is 0 Å². The van der Waals surface area contributed by atoms with Crippen molar-refractivity contribution in [3.63, 3.8) is 0 Å². The lowest BCUT2D eigenvalue weighted by Crippen LogP contribution is -2.69. The average Bonchev–Trinajstić information content (AvgIpc) is 3.33. The molecule has 2 atom stereocenters. The Morgan fingerprint density at radius 2 is 2.17 bits per heavy atom. The first-order valence-corrected chi connectivity index (χ1v) is 9.57. The van der Waals surface area contributed by atoms with Crippen molar-refractivity contribution in [2.45, 2.75) is 63.6 Å². The van der Waals surface area contributed by atoms with Crippen LogP contribution in [0.15, 0.2) is 4.99 Å². The number of rotatable bonds is 4. The van der Waals surface area contributed by atoms with Crippen molar-refractivity contribution in [3.8, 4) is 0 Å². The molecule has 0 aromatic rings. The van der Waals surface area contributed by atoms with E-state index in [4.69, 9.17) is 4.74 Å². The highest BCUT2D eigenvalue weighted by atomic mass is 16.5. The molecule has 1 aliphatic heterocycles. The Labute approximate surface area is 144 Å². The molecule has 24 heavy (non-hydrogen) atoms. The fraction of sp³-hybridized carbons (Fsp3) is 0.889. The highest BCUT2D eigenvalue weighted by Gasteiger charge is 2.59. The average molecular weight is 334 g/mol. The number of ether oxygens (including phenoxy) is 1. The summed E-state index contributed by atoms with van der Waals surface area (Å²) >= 11 is 0. The summed E-state index contributed by atoms with van der Waals surface area (Å²) in [5, 5.41) is 3.66. The minimum Gasteiger partial charge on any atom is -0.378 e. The molecule has 6 nitrogen and oxygen atoms in total. The van der Waals surface area contributed by atoms with Gasteiger partial charge in [-0.3, -0.25) is 9.79 Å². The number of nitrogens with zero attached hydrogens (tertiary/aromatic N) is 3. The fourth-order valence-corrected chi connectivity index (χ4v) is 4.73. The van der Waals surface area contributed by atoms with E-state index in [2.05, 4.69) is 27.0 Å². The van der Waals surface area contributed by atoms with Gasteiger partial charge in [-0.2, -0.15) is 0 Å². The quantitative estimate of drug-likeness (QED) is 0.620. The SMILES string of the molecule is CCOC1CC(NC(=NC)N2CCN(C3CC3)C(=O)C2)C12CCC2. The van der Waals surface area contributed by atoms with Gasteiger partial charge in [-0.25, -0.2) is 0 Å². The number of guanidine groups is 1. The molecule has 1 N–H and O–H groups in total. The summed E-state index contributed by atoms with van der Waals surface area (Å²) in [6, 6.07) is 0.963. The molecule has 4 fully saturated rings. The summed E-state index contributed by atoms with van der Waals surface area (Å²) in [5.74, 6) is 1.15. The Hall–Kier alpha value is -1.30. The van der Waals surface area contributed by atoms with Crippen molar-refractivity contribution < 1.29 is 9.53 Å². The third-order valence-corrected chi connectivity index (χ3v) is 6.50. The first-order chi connectivity index (χ1) is 11.7. The predicted molar refractivity (Wildman–Crippen MR) is 92.9 cm³/mol. The second kappa shape index (κ2) is 6.21. The van der Waals surface area contributed by atoms with Crippen LogP contribution in [0, 0.1) is 5.41 Å². The van der Waals surface area contributed by atoms with E-state index in [0.29, 0.717) is 30.1 Å². The molecule has 1 saturated heterocycles. The number of hydrogen-bond acceptors (Lipinski definition) is 3. The smallest absolute Gasteiger partial charge is 0.242 e. The standard InChI is InChI=1S/C18H30N4O2/c1-3-24-15-11-14(18(15)7-4-8-18)20-17(19-2)21-9-10-22(13-5-6-13)16(23)12-21/h13-15H,3-12H2,1-2H3,(H,19,20). The second-order valence-electron chi connectivity index (χ2n) is 7.75. The van der Waals surface area contributed by atoms with Gasteiger partial charge >= 0.3 is 0 Å². The van der Waals surface area contributed by atoms with Crippen LogP contribution in [0.5, 0.6) is 0 Å². The molecule has 1 heterocycles. The Balaban J connectivity index is 1.36. The second-order valence-corrected chi connectivity index (χ2v) is 7.75. The molecule has 1 spiro atoms. The first-order valence-electron chi connectivity index (χ1n) is 9.57. The van der Waals surface area contributed by atoms with Crippen LogP contribution in [0.2, 0.25) is 0 Å². The molecule has 134 valence electrons. The molecule has 4 aliphatic rings. The summed E-state index contributed by atoms with van der Waals surface area (Å²) < 4.78 is 5.94. The number of hydrogen-bond donors (Lipinski definition) is 1. The van der Waals surface area contributed by atoms with E-state index < -0.39 is 0 Å². The van der Waals surface area contributed by atoms with Crippen LogP contribution < -0.4 is 5.32 Å². The van der Waals surface area contributed by atoms with Crippen LogP contribution in [-0.2, 0) is 9.53 Å². The number of amides is 1. The molecular formula is C18H30N4O2. The summed E-state index contributed by atoms with van der Waals surface area (Å²) in [7, 11) is 1.83. The molecule has 3 saturated carbocycles. The molecular weight excluding hydrogens is 304 g/mol. The molecule has 0 radical (unpaired) electrons. The third-order valence-electron chi connectivity index (χ3n) is 6.50. The monoisotopic (exact) mass is 334 g/mol. The summed E-state index contributed by atoms with van der Waals surface area (Å²) in [4.78, 5) is 21.0. The van der Waals surface area contributed by atoms with Gasteiger partial charge in [0.05, 0.1) is 12.6 Å². The minimum atomic E-state index is 0.255. The van der Waals surface area contributed by atoms with Gasteiger partial charge in [-0.15, -0.1) is 0 Å². The minimum absolute atomic E-state index is 0.255. The molecule has 1 amide bonds. The lowest BCUT2D eigenvalue weighted by atomic mass is 9.51. The maximum Gasteiger partial charge on any atom is 0.242 e. The van der Waals surface area contributed by atoms with Gasteiger partial charge in [-0.1, -0.05) is 6.42 Å². The number of carbonyl (C=O) groups is 1. The van der Waals surface area contributed by atoms with Gasteiger partial charge in [0.25, 0.3) is 0 Å². The van der Waals surface area contributed by atoms with Crippen molar-refractivity contribution in [2.75, 3.05) is 33.3 Å². The van der Waals surface area contributed by atoms with Gasteiger partial charge in [0.15, 0.2) is 5.96 Å². The molecule has 4 rings (SSSR count). The first kappa shape index (κ1) is 16.2. The van der Waals surface area contributed by atoms with E-state index in [1.165, 1.54) is 32.1 Å². The third kappa shape index (κ3) is 2.59. The maximum absolute atomic E-state index is 12.4. The fourth-order valence-electron chi connectivity index (χ4n) is 4.73. The number of nitrogens with one attached hydrogen (secondary N) is 1. The Bertz CT molecular complexity index is 527. The molecule has 0 bridgehead atoms. The lowest BCUT2D eigenvalue weighted by molar-refractivity contribution is -0.169. The van der Waals surface area contributed by atoms with Gasteiger partial charge in [-0.05, 0) is 39.0 Å². The molecule has 0 aromatic heterocycles. The van der Waals surface area contributed by atoms with Gasteiger partial charge in [0.2, 0.25) is 5.91 Å². The largest absolute Gasteiger partial charge is 0.378 e. The van der Waals surface area contributed by atoms with Crippen molar-refractivity contribution >= 4 is 11.9 Å². The van der Waals surface area contributed by atoms with Crippen molar-refractivity contribution in [3.05, 3.63) is 0 Å². The number of piperazine rings is 1. The zero-order chi connectivity index (χ0) is 16.7.